The van der Waals surface area contributed by atoms with Crippen molar-refractivity contribution in [2.24, 2.45) is 5.92 Å². The van der Waals surface area contributed by atoms with Crippen molar-refractivity contribution in [2.75, 3.05) is 18.8 Å². The van der Waals surface area contributed by atoms with E-state index < -0.39 is 9.84 Å². The number of nitrogens with zero attached hydrogens (tertiary/aromatic N) is 2. The van der Waals surface area contributed by atoms with Crippen molar-refractivity contribution < 1.29 is 13.2 Å². The van der Waals surface area contributed by atoms with Gasteiger partial charge in [0, 0.05) is 20.0 Å². The third-order valence-electron chi connectivity index (χ3n) is 3.73. The van der Waals surface area contributed by atoms with Crippen molar-refractivity contribution in [1.29, 1.82) is 0 Å². The molecule has 5 nitrogen and oxygen atoms in total. The number of hydrogen-bond acceptors (Lipinski definition) is 5. The second kappa shape index (κ2) is 5.38. The molecule has 1 amide bonds. The highest BCUT2D eigenvalue weighted by atomic mass is 32.2. The summed E-state index contributed by atoms with van der Waals surface area (Å²) in [5, 5.41) is 0. The highest BCUT2D eigenvalue weighted by Gasteiger charge is 2.30. The average Bonchev–Trinajstić information content (AvgIpc) is 3.04. The summed E-state index contributed by atoms with van der Waals surface area (Å²) in [4.78, 5) is 17.2. The van der Waals surface area contributed by atoms with Crippen molar-refractivity contribution >= 4 is 37.3 Å². The maximum atomic E-state index is 12.5. The lowest BCUT2D eigenvalue weighted by Gasteiger charge is -2.13. The molecule has 1 aliphatic rings. The number of thiazole rings is 1. The summed E-state index contributed by atoms with van der Waals surface area (Å²) in [5.74, 6) is 0.0807. The molecule has 2 aromatic rings. The monoisotopic (exact) mass is 324 g/mol. The fourth-order valence-corrected chi connectivity index (χ4v) is 5.57. The Morgan fingerprint density at radius 1 is 1.43 bits per heavy atom. The van der Waals surface area contributed by atoms with E-state index in [9.17, 15) is 13.2 Å². The summed E-state index contributed by atoms with van der Waals surface area (Å²) in [5.41, 5.74) is 0.720. The topological polar surface area (TPSA) is 67.3 Å². The number of benzene rings is 1. The van der Waals surface area contributed by atoms with Crippen LogP contribution in [-0.2, 0) is 14.6 Å². The molecule has 112 valence electrons. The molecule has 1 aromatic carbocycles. The average molecular weight is 324 g/mol. The Morgan fingerprint density at radius 2 is 2.19 bits per heavy atom. The molecule has 0 saturated carbocycles. The van der Waals surface area contributed by atoms with Gasteiger partial charge in [-0.3, -0.25) is 4.79 Å². The highest BCUT2D eigenvalue weighted by Crippen LogP contribution is 2.28. The fraction of sp³-hybridized carbons (Fsp3) is 0.429. The minimum absolute atomic E-state index is 0.00547. The van der Waals surface area contributed by atoms with Gasteiger partial charge in [0.15, 0.2) is 0 Å². The summed E-state index contributed by atoms with van der Waals surface area (Å²) in [7, 11) is -3.39. The Hall–Kier alpha value is -1.47. The van der Waals surface area contributed by atoms with E-state index in [0.717, 1.165) is 16.6 Å². The van der Waals surface area contributed by atoms with Crippen LogP contribution >= 0.6 is 11.3 Å². The van der Waals surface area contributed by atoms with Gasteiger partial charge in [-0.1, -0.05) is 12.1 Å². The lowest BCUT2D eigenvalue weighted by atomic mass is 10.2. The molecule has 1 aliphatic heterocycles. The van der Waals surface area contributed by atoms with Crippen LogP contribution < -0.4 is 0 Å². The number of likely N-dealkylation sites (tertiary alicyclic amines) is 1. The van der Waals surface area contributed by atoms with E-state index in [1.807, 2.05) is 24.3 Å². The van der Waals surface area contributed by atoms with Crippen molar-refractivity contribution in [1.82, 2.24) is 9.88 Å². The number of carbonyl (C=O) groups is 1. The Balaban J connectivity index is 1.79. The number of fused-ring (bicyclic) bond motifs is 1. The van der Waals surface area contributed by atoms with Gasteiger partial charge in [0.25, 0.3) is 0 Å². The second-order valence-electron chi connectivity index (χ2n) is 5.35. The lowest BCUT2D eigenvalue weighted by molar-refractivity contribution is -0.127. The normalized spacial score (nSPS) is 19.3. The number of hydrogen-bond donors (Lipinski definition) is 0. The first-order valence-corrected chi connectivity index (χ1v) is 9.26. The number of carbonyl (C=O) groups excluding carboxylic acids is 1. The predicted molar refractivity (Wildman–Crippen MR) is 82.0 cm³/mol. The minimum Gasteiger partial charge on any atom is -0.343 e. The number of para-hydroxylation sites is 1. The molecule has 0 aliphatic carbocycles. The van der Waals surface area contributed by atoms with Crippen LogP contribution in [0.15, 0.2) is 28.6 Å². The van der Waals surface area contributed by atoms with E-state index in [1.54, 1.807) is 4.90 Å². The van der Waals surface area contributed by atoms with Gasteiger partial charge in [-0.2, -0.15) is 0 Å². The molecule has 7 heteroatoms. The third kappa shape index (κ3) is 2.94. The van der Waals surface area contributed by atoms with Crippen LogP contribution in [0.1, 0.15) is 13.3 Å². The molecule has 2 heterocycles. The van der Waals surface area contributed by atoms with Crippen LogP contribution in [0.4, 0.5) is 0 Å². The number of aromatic nitrogens is 1. The molecule has 1 atom stereocenters. The van der Waals surface area contributed by atoms with Gasteiger partial charge in [0.05, 0.1) is 16.0 Å². The first kappa shape index (κ1) is 14.5. The molecular weight excluding hydrogens is 308 g/mol. The van der Waals surface area contributed by atoms with E-state index in [-0.39, 0.29) is 21.9 Å². The van der Waals surface area contributed by atoms with E-state index in [0.29, 0.717) is 13.1 Å². The molecule has 1 aromatic heterocycles. The standard InChI is InChI=1S/C14H16N2O3S2/c1-10(17)16-7-6-11(8-16)9-21(18,19)14-15-12-4-2-3-5-13(12)20-14/h2-5,11H,6-9H2,1H3/t11-/m0/s1. The second-order valence-corrected chi connectivity index (χ2v) is 8.59. The first-order valence-electron chi connectivity index (χ1n) is 6.79. The van der Waals surface area contributed by atoms with Crippen molar-refractivity contribution in [3.63, 3.8) is 0 Å². The van der Waals surface area contributed by atoms with Crippen molar-refractivity contribution in [3.8, 4) is 0 Å². The Bertz CT molecular complexity index is 749. The maximum absolute atomic E-state index is 12.5. The van der Waals surface area contributed by atoms with Gasteiger partial charge in [-0.25, -0.2) is 13.4 Å². The van der Waals surface area contributed by atoms with Crippen LogP contribution in [0.5, 0.6) is 0 Å². The smallest absolute Gasteiger partial charge is 0.219 e. The third-order valence-corrected chi connectivity index (χ3v) is 7.10. The van der Waals surface area contributed by atoms with Crippen LogP contribution in [-0.4, -0.2) is 43.1 Å². The summed E-state index contributed by atoms with van der Waals surface area (Å²) < 4.78 is 26.0. The molecule has 0 unspecified atom stereocenters. The van der Waals surface area contributed by atoms with Crippen LogP contribution in [0, 0.1) is 5.92 Å². The number of rotatable bonds is 3. The lowest BCUT2D eigenvalue weighted by Crippen LogP contribution is -2.27. The molecule has 1 saturated heterocycles. The molecule has 21 heavy (non-hydrogen) atoms. The Morgan fingerprint density at radius 3 is 2.86 bits per heavy atom. The van der Waals surface area contributed by atoms with E-state index in [1.165, 1.54) is 18.3 Å². The molecular formula is C14H16N2O3S2. The van der Waals surface area contributed by atoms with Crippen molar-refractivity contribution in [3.05, 3.63) is 24.3 Å². The van der Waals surface area contributed by atoms with Crippen LogP contribution in [0.2, 0.25) is 0 Å². The predicted octanol–water partition coefficient (Wildman–Crippen LogP) is 1.94. The summed E-state index contributed by atoms with van der Waals surface area (Å²) >= 11 is 1.22. The van der Waals surface area contributed by atoms with E-state index in [2.05, 4.69) is 4.98 Å². The molecule has 0 radical (unpaired) electrons. The minimum atomic E-state index is -3.39. The zero-order chi connectivity index (χ0) is 15.0. The summed E-state index contributed by atoms with van der Waals surface area (Å²) in [6, 6.07) is 7.41. The molecule has 0 spiro atoms. The zero-order valence-corrected chi connectivity index (χ0v) is 13.3. The number of amides is 1. The Kier molecular flexibility index (Phi) is 3.71. The van der Waals surface area contributed by atoms with Gasteiger partial charge < -0.3 is 4.90 Å². The molecule has 0 N–H and O–H groups in total. The fourth-order valence-electron chi connectivity index (χ4n) is 2.62. The molecule has 3 rings (SSSR count). The maximum Gasteiger partial charge on any atom is 0.219 e. The molecule has 1 fully saturated rings. The SMILES string of the molecule is CC(=O)N1CC[C@H](CS(=O)(=O)c2nc3ccccc3s2)C1. The molecule has 0 bridgehead atoms. The first-order chi connectivity index (χ1) is 9.95. The Labute approximate surface area is 127 Å². The zero-order valence-electron chi connectivity index (χ0n) is 11.7. The highest BCUT2D eigenvalue weighted by molar-refractivity contribution is 7.93. The van der Waals surface area contributed by atoms with Gasteiger partial charge >= 0.3 is 0 Å². The summed E-state index contributed by atoms with van der Waals surface area (Å²) in [6.07, 6.45) is 0.740. The van der Waals surface area contributed by atoms with Gasteiger partial charge in [-0.05, 0) is 24.5 Å². The van der Waals surface area contributed by atoms with Crippen LogP contribution in [0.25, 0.3) is 10.2 Å². The van der Waals surface area contributed by atoms with Crippen molar-refractivity contribution in [2.45, 2.75) is 17.7 Å². The number of sulfone groups is 1. The van der Waals surface area contributed by atoms with Gasteiger partial charge in [-0.15, -0.1) is 11.3 Å². The quantitative estimate of drug-likeness (QED) is 0.865. The van der Waals surface area contributed by atoms with E-state index >= 15 is 0 Å². The van der Waals surface area contributed by atoms with Gasteiger partial charge in [0.2, 0.25) is 20.1 Å². The van der Waals surface area contributed by atoms with Crippen LogP contribution in [0.3, 0.4) is 0 Å². The van der Waals surface area contributed by atoms with Gasteiger partial charge in [0.1, 0.15) is 0 Å². The summed E-state index contributed by atoms with van der Waals surface area (Å²) in [6.45, 7) is 2.69. The van der Waals surface area contributed by atoms with E-state index in [4.69, 9.17) is 0 Å². The largest absolute Gasteiger partial charge is 0.343 e.